The van der Waals surface area contributed by atoms with Gasteiger partial charge in [-0.25, -0.2) is 12.8 Å². The van der Waals surface area contributed by atoms with Gasteiger partial charge in [-0.2, -0.15) is 4.31 Å². The molecular weight excluding hydrogens is 349 g/mol. The summed E-state index contributed by atoms with van der Waals surface area (Å²) in [4.78, 5) is 0. The average molecular weight is 367 g/mol. The minimum Gasteiger partial charge on any atom is -0.480 e. The molecule has 2 aromatic rings. The molecular formula is C16H18FN3O4S. The molecule has 1 fully saturated rings. The molecule has 0 saturated carbocycles. The molecule has 3 rings (SSSR count). The normalized spacial score (nSPS) is 18.2. The van der Waals surface area contributed by atoms with Gasteiger partial charge in [-0.15, -0.1) is 10.2 Å². The van der Waals surface area contributed by atoms with Gasteiger partial charge in [-0.1, -0.05) is 12.1 Å². The fourth-order valence-corrected chi connectivity index (χ4v) is 4.15. The van der Waals surface area contributed by atoms with E-state index in [-0.39, 0.29) is 18.4 Å². The van der Waals surface area contributed by atoms with Crippen LogP contribution in [0.15, 0.2) is 36.4 Å². The van der Waals surface area contributed by atoms with Crippen molar-refractivity contribution in [3.63, 3.8) is 0 Å². The Morgan fingerprint density at radius 1 is 1.16 bits per heavy atom. The Labute approximate surface area is 145 Å². The minimum atomic E-state index is -3.49. The first-order chi connectivity index (χ1) is 12.0. The van der Waals surface area contributed by atoms with Crippen LogP contribution in [0.3, 0.4) is 0 Å². The molecule has 7 nitrogen and oxygen atoms in total. The molecule has 1 saturated heterocycles. The highest BCUT2D eigenvalue weighted by molar-refractivity contribution is 7.88. The molecule has 134 valence electrons. The Morgan fingerprint density at radius 2 is 1.84 bits per heavy atom. The van der Waals surface area contributed by atoms with E-state index in [0.29, 0.717) is 30.3 Å². The van der Waals surface area contributed by atoms with Crippen molar-refractivity contribution in [1.29, 1.82) is 0 Å². The predicted octanol–water partition coefficient (Wildman–Crippen LogP) is 1.61. The molecule has 0 amide bonds. The summed E-state index contributed by atoms with van der Waals surface area (Å²) in [5.41, 5.74) is 0.548. The molecule has 0 N–H and O–H groups in total. The van der Waals surface area contributed by atoms with Crippen molar-refractivity contribution >= 4 is 10.0 Å². The number of sulfonamides is 1. The highest BCUT2D eigenvalue weighted by atomic mass is 32.2. The fraction of sp³-hybridized carbons (Fsp3) is 0.375. The molecule has 1 atom stereocenters. The zero-order chi connectivity index (χ0) is 17.9. The monoisotopic (exact) mass is 367 g/mol. The molecule has 9 heteroatoms. The van der Waals surface area contributed by atoms with E-state index in [9.17, 15) is 12.8 Å². The summed E-state index contributed by atoms with van der Waals surface area (Å²) in [6.45, 7) is 0.620. The molecule has 0 aliphatic carbocycles. The summed E-state index contributed by atoms with van der Waals surface area (Å²) in [6.07, 6.45) is 0.279. The molecule has 1 aromatic carbocycles. The smallest absolute Gasteiger partial charge is 0.233 e. The van der Waals surface area contributed by atoms with Gasteiger partial charge in [0, 0.05) is 18.7 Å². The third-order valence-electron chi connectivity index (χ3n) is 3.88. The van der Waals surface area contributed by atoms with Gasteiger partial charge < -0.3 is 9.47 Å². The molecule has 0 spiro atoms. The van der Waals surface area contributed by atoms with Crippen molar-refractivity contribution in [2.45, 2.75) is 18.3 Å². The van der Waals surface area contributed by atoms with Gasteiger partial charge in [0.05, 0.1) is 19.4 Å². The van der Waals surface area contributed by atoms with Gasteiger partial charge >= 0.3 is 0 Å². The Hall–Kier alpha value is -2.26. The van der Waals surface area contributed by atoms with E-state index in [2.05, 4.69) is 10.2 Å². The van der Waals surface area contributed by atoms with Gasteiger partial charge in [0.1, 0.15) is 11.9 Å². The maximum Gasteiger partial charge on any atom is 0.233 e. The third kappa shape index (κ3) is 4.43. The number of rotatable bonds is 6. The molecule has 0 bridgehead atoms. The van der Waals surface area contributed by atoms with Crippen LogP contribution in [-0.4, -0.2) is 49.2 Å². The largest absolute Gasteiger partial charge is 0.480 e. The van der Waals surface area contributed by atoms with E-state index in [1.807, 2.05) is 0 Å². The molecule has 1 aromatic heterocycles. The average Bonchev–Trinajstić information content (AvgIpc) is 3.07. The van der Waals surface area contributed by atoms with Gasteiger partial charge in [0.15, 0.2) is 0 Å². The number of aromatic nitrogens is 2. The summed E-state index contributed by atoms with van der Waals surface area (Å²) in [5, 5.41) is 7.69. The highest BCUT2D eigenvalue weighted by Gasteiger charge is 2.32. The Morgan fingerprint density at radius 3 is 2.48 bits per heavy atom. The maximum atomic E-state index is 12.9. The quantitative estimate of drug-likeness (QED) is 0.772. The number of halogens is 1. The summed E-state index contributed by atoms with van der Waals surface area (Å²) in [7, 11) is -2.00. The molecule has 1 aliphatic heterocycles. The number of benzene rings is 1. The van der Waals surface area contributed by atoms with Crippen LogP contribution in [0.25, 0.3) is 0 Å². The van der Waals surface area contributed by atoms with Gasteiger partial charge in [-0.05, 0) is 24.1 Å². The summed E-state index contributed by atoms with van der Waals surface area (Å²) in [6, 6.07) is 8.71. The van der Waals surface area contributed by atoms with Gasteiger partial charge in [-0.3, -0.25) is 0 Å². The topological polar surface area (TPSA) is 81.6 Å². The van der Waals surface area contributed by atoms with Crippen molar-refractivity contribution in [1.82, 2.24) is 14.5 Å². The van der Waals surface area contributed by atoms with E-state index in [1.54, 1.807) is 12.1 Å². The number of hydrogen-bond donors (Lipinski definition) is 0. The summed E-state index contributed by atoms with van der Waals surface area (Å²) >= 11 is 0. The number of ether oxygens (including phenoxy) is 2. The molecule has 2 heterocycles. The van der Waals surface area contributed by atoms with Crippen LogP contribution in [-0.2, 0) is 15.8 Å². The summed E-state index contributed by atoms with van der Waals surface area (Å²) < 4.78 is 49.9. The Balaban J connectivity index is 1.59. The SMILES string of the molecule is COc1ccc(O[C@@H]2CCN(S(=O)(=O)Cc3ccc(F)cc3)C2)nn1. The Kier molecular flexibility index (Phi) is 5.14. The number of hydrogen-bond acceptors (Lipinski definition) is 6. The lowest BCUT2D eigenvalue weighted by molar-refractivity contribution is 0.203. The molecule has 1 aliphatic rings. The lowest BCUT2D eigenvalue weighted by Crippen LogP contribution is -2.32. The first kappa shape index (κ1) is 17.6. The fourth-order valence-electron chi connectivity index (χ4n) is 2.58. The molecule has 0 unspecified atom stereocenters. The molecule has 25 heavy (non-hydrogen) atoms. The second kappa shape index (κ2) is 7.32. The zero-order valence-electron chi connectivity index (χ0n) is 13.6. The minimum absolute atomic E-state index is 0.164. The second-order valence-corrected chi connectivity index (χ2v) is 7.65. The van der Waals surface area contributed by atoms with Crippen molar-refractivity contribution in [3.05, 3.63) is 47.8 Å². The van der Waals surface area contributed by atoms with Crippen LogP contribution >= 0.6 is 0 Å². The van der Waals surface area contributed by atoms with Crippen LogP contribution in [0.2, 0.25) is 0 Å². The van der Waals surface area contributed by atoms with Crippen molar-refractivity contribution < 1.29 is 22.3 Å². The lowest BCUT2D eigenvalue weighted by Gasteiger charge is -2.17. The van der Waals surface area contributed by atoms with Gasteiger partial charge in [0.25, 0.3) is 0 Å². The standard InChI is InChI=1S/C16H18FN3O4S/c1-23-15-6-7-16(19-18-15)24-14-8-9-20(10-14)25(21,22)11-12-2-4-13(17)5-3-12/h2-7,14H,8-11H2,1H3/t14-/m1/s1. The predicted molar refractivity (Wildman–Crippen MR) is 88.2 cm³/mol. The summed E-state index contributed by atoms with van der Waals surface area (Å²) in [5.74, 6) is 0.143. The van der Waals surface area contributed by atoms with Crippen molar-refractivity contribution in [2.24, 2.45) is 0 Å². The van der Waals surface area contributed by atoms with Crippen molar-refractivity contribution in [2.75, 3.05) is 20.2 Å². The van der Waals surface area contributed by atoms with Crippen molar-refractivity contribution in [3.8, 4) is 11.8 Å². The lowest BCUT2D eigenvalue weighted by atomic mass is 10.2. The second-order valence-electron chi connectivity index (χ2n) is 5.68. The third-order valence-corrected chi connectivity index (χ3v) is 5.69. The maximum absolute atomic E-state index is 12.9. The van der Waals surface area contributed by atoms with Crippen LogP contribution in [0, 0.1) is 5.82 Å². The van der Waals surface area contributed by atoms with E-state index in [4.69, 9.17) is 9.47 Å². The van der Waals surface area contributed by atoms with Crippen LogP contribution < -0.4 is 9.47 Å². The van der Waals surface area contributed by atoms with Crippen LogP contribution in [0.1, 0.15) is 12.0 Å². The molecule has 0 radical (unpaired) electrons. The number of nitrogens with zero attached hydrogens (tertiary/aromatic N) is 3. The van der Waals surface area contributed by atoms with Crippen LogP contribution in [0.5, 0.6) is 11.8 Å². The first-order valence-corrected chi connectivity index (χ1v) is 9.34. The van der Waals surface area contributed by atoms with Crippen LogP contribution in [0.4, 0.5) is 4.39 Å². The zero-order valence-corrected chi connectivity index (χ0v) is 14.4. The van der Waals surface area contributed by atoms with E-state index < -0.39 is 15.8 Å². The first-order valence-electron chi connectivity index (χ1n) is 7.73. The van der Waals surface area contributed by atoms with E-state index in [1.165, 1.54) is 35.7 Å². The van der Waals surface area contributed by atoms with Gasteiger partial charge in [0.2, 0.25) is 21.8 Å². The number of methoxy groups -OCH3 is 1. The Bertz CT molecular complexity index is 812. The van der Waals surface area contributed by atoms with E-state index >= 15 is 0 Å². The van der Waals surface area contributed by atoms with E-state index in [0.717, 1.165) is 0 Å². The highest BCUT2D eigenvalue weighted by Crippen LogP contribution is 2.21.